The highest BCUT2D eigenvalue weighted by molar-refractivity contribution is 5.52. The van der Waals surface area contributed by atoms with Gasteiger partial charge >= 0.3 is 0 Å². The van der Waals surface area contributed by atoms with Crippen molar-refractivity contribution in [2.45, 2.75) is 52.5 Å². The molecule has 3 heteroatoms. The monoisotopic (exact) mass is 207 g/mol. The van der Waals surface area contributed by atoms with E-state index < -0.39 is 0 Å². The number of aromatic amines is 1. The van der Waals surface area contributed by atoms with Gasteiger partial charge in [0.15, 0.2) is 0 Å². The van der Waals surface area contributed by atoms with E-state index in [1.165, 1.54) is 31.4 Å². The van der Waals surface area contributed by atoms with Crippen molar-refractivity contribution in [1.82, 2.24) is 10.2 Å². The number of anilines is 1. The van der Waals surface area contributed by atoms with E-state index in [0.717, 1.165) is 17.3 Å². The number of hydrogen-bond acceptors (Lipinski definition) is 2. The Morgan fingerprint density at radius 1 is 1.40 bits per heavy atom. The smallest absolute Gasteiger partial charge is 0.0825 e. The first-order chi connectivity index (χ1) is 7.22. The van der Waals surface area contributed by atoms with Gasteiger partial charge in [-0.1, -0.05) is 19.8 Å². The van der Waals surface area contributed by atoms with Crippen LogP contribution in [0.1, 0.15) is 44.0 Å². The van der Waals surface area contributed by atoms with Crippen molar-refractivity contribution in [2.75, 3.05) is 5.32 Å². The zero-order valence-corrected chi connectivity index (χ0v) is 9.93. The maximum Gasteiger partial charge on any atom is 0.0825 e. The van der Waals surface area contributed by atoms with Gasteiger partial charge in [0.25, 0.3) is 0 Å². The van der Waals surface area contributed by atoms with E-state index in [1.807, 2.05) is 0 Å². The molecule has 1 heterocycles. The van der Waals surface area contributed by atoms with Gasteiger partial charge in [0, 0.05) is 6.04 Å². The Labute approximate surface area is 91.7 Å². The summed E-state index contributed by atoms with van der Waals surface area (Å²) < 4.78 is 0. The van der Waals surface area contributed by atoms with Gasteiger partial charge < -0.3 is 5.32 Å². The molecule has 84 valence electrons. The molecule has 1 fully saturated rings. The molecule has 0 spiro atoms. The summed E-state index contributed by atoms with van der Waals surface area (Å²) in [6.45, 7) is 6.43. The lowest BCUT2D eigenvalue weighted by Gasteiger charge is -2.20. The van der Waals surface area contributed by atoms with Crippen molar-refractivity contribution in [3.63, 3.8) is 0 Å². The third-order valence-electron chi connectivity index (χ3n) is 3.64. The Kier molecular flexibility index (Phi) is 2.98. The average Bonchev–Trinajstić information content (AvgIpc) is 2.79. The van der Waals surface area contributed by atoms with Crippen LogP contribution in [0.15, 0.2) is 0 Å². The van der Waals surface area contributed by atoms with E-state index in [9.17, 15) is 0 Å². The van der Waals surface area contributed by atoms with Crippen molar-refractivity contribution >= 4 is 5.69 Å². The zero-order valence-electron chi connectivity index (χ0n) is 9.93. The fourth-order valence-electron chi connectivity index (χ4n) is 2.66. The highest BCUT2D eigenvalue weighted by Crippen LogP contribution is 2.31. The van der Waals surface area contributed by atoms with E-state index in [2.05, 4.69) is 36.3 Å². The van der Waals surface area contributed by atoms with Gasteiger partial charge in [0.2, 0.25) is 0 Å². The number of aryl methyl sites for hydroxylation is 2. The Hall–Kier alpha value is -0.990. The first-order valence-corrected chi connectivity index (χ1v) is 6.00. The second-order valence-corrected chi connectivity index (χ2v) is 4.66. The Balaban J connectivity index is 2.08. The average molecular weight is 207 g/mol. The zero-order chi connectivity index (χ0) is 10.8. The number of rotatable bonds is 3. The minimum absolute atomic E-state index is 0.657. The molecule has 2 N–H and O–H groups in total. The van der Waals surface area contributed by atoms with Gasteiger partial charge in [0.1, 0.15) is 0 Å². The van der Waals surface area contributed by atoms with Crippen LogP contribution in [-0.2, 0) is 0 Å². The maximum absolute atomic E-state index is 4.22. The standard InChI is InChI=1S/C12H21N3/c1-4-10-6-5-7-11(10)13-12-8(2)14-15-9(12)3/h10-11,13H,4-7H2,1-3H3,(H,14,15). The van der Waals surface area contributed by atoms with Gasteiger partial charge in [-0.05, 0) is 32.6 Å². The molecule has 0 aliphatic heterocycles. The Morgan fingerprint density at radius 2 is 2.20 bits per heavy atom. The van der Waals surface area contributed by atoms with Crippen LogP contribution in [-0.4, -0.2) is 16.2 Å². The molecular formula is C12H21N3. The molecule has 1 saturated carbocycles. The molecule has 0 saturated heterocycles. The van der Waals surface area contributed by atoms with Gasteiger partial charge in [-0.25, -0.2) is 0 Å². The fraction of sp³-hybridized carbons (Fsp3) is 0.750. The van der Waals surface area contributed by atoms with Crippen LogP contribution in [0.3, 0.4) is 0 Å². The third kappa shape index (κ3) is 2.01. The summed E-state index contributed by atoms with van der Waals surface area (Å²) in [6.07, 6.45) is 5.34. The van der Waals surface area contributed by atoms with Crippen LogP contribution in [0.2, 0.25) is 0 Å². The topological polar surface area (TPSA) is 40.7 Å². The Morgan fingerprint density at radius 3 is 2.80 bits per heavy atom. The summed E-state index contributed by atoms with van der Waals surface area (Å²) >= 11 is 0. The molecule has 2 rings (SSSR count). The van der Waals surface area contributed by atoms with Gasteiger partial charge in [-0.2, -0.15) is 5.10 Å². The van der Waals surface area contributed by atoms with Crippen LogP contribution in [0, 0.1) is 19.8 Å². The molecule has 0 radical (unpaired) electrons. The minimum atomic E-state index is 0.657. The van der Waals surface area contributed by atoms with Crippen LogP contribution in [0.25, 0.3) is 0 Å². The third-order valence-corrected chi connectivity index (χ3v) is 3.64. The fourth-order valence-corrected chi connectivity index (χ4v) is 2.66. The molecule has 1 aromatic heterocycles. The predicted octanol–water partition coefficient (Wildman–Crippen LogP) is 3.02. The lowest BCUT2D eigenvalue weighted by Crippen LogP contribution is -2.23. The van der Waals surface area contributed by atoms with E-state index in [-0.39, 0.29) is 0 Å². The van der Waals surface area contributed by atoms with Gasteiger partial charge in [-0.15, -0.1) is 0 Å². The highest BCUT2D eigenvalue weighted by atomic mass is 15.2. The number of nitrogens with zero attached hydrogens (tertiary/aromatic N) is 1. The maximum atomic E-state index is 4.22. The summed E-state index contributed by atoms with van der Waals surface area (Å²) in [4.78, 5) is 0. The number of aromatic nitrogens is 2. The van der Waals surface area contributed by atoms with Crippen LogP contribution < -0.4 is 5.32 Å². The second-order valence-electron chi connectivity index (χ2n) is 4.66. The summed E-state index contributed by atoms with van der Waals surface area (Å²) in [6, 6.07) is 0.657. The molecule has 2 atom stereocenters. The molecule has 0 aromatic carbocycles. The molecule has 2 unspecified atom stereocenters. The lowest BCUT2D eigenvalue weighted by molar-refractivity contribution is 0.489. The molecule has 1 aliphatic rings. The van der Waals surface area contributed by atoms with Gasteiger partial charge in [-0.3, -0.25) is 5.10 Å². The summed E-state index contributed by atoms with van der Waals surface area (Å²) in [7, 11) is 0. The minimum Gasteiger partial charge on any atom is -0.379 e. The first kappa shape index (κ1) is 10.5. The number of nitrogens with one attached hydrogen (secondary N) is 2. The quantitative estimate of drug-likeness (QED) is 0.800. The van der Waals surface area contributed by atoms with Crippen LogP contribution >= 0.6 is 0 Å². The van der Waals surface area contributed by atoms with Crippen LogP contribution in [0.4, 0.5) is 5.69 Å². The molecule has 1 aromatic rings. The summed E-state index contributed by atoms with van der Waals surface area (Å²) in [5, 5.41) is 10.9. The molecule has 15 heavy (non-hydrogen) atoms. The number of H-pyrrole nitrogens is 1. The van der Waals surface area contributed by atoms with Crippen molar-refractivity contribution in [1.29, 1.82) is 0 Å². The van der Waals surface area contributed by atoms with E-state index in [4.69, 9.17) is 0 Å². The highest BCUT2D eigenvalue weighted by Gasteiger charge is 2.26. The van der Waals surface area contributed by atoms with Crippen LogP contribution in [0.5, 0.6) is 0 Å². The van der Waals surface area contributed by atoms with Crippen molar-refractivity contribution in [2.24, 2.45) is 5.92 Å². The van der Waals surface area contributed by atoms with E-state index >= 15 is 0 Å². The molecule has 0 bridgehead atoms. The van der Waals surface area contributed by atoms with Gasteiger partial charge in [0.05, 0.1) is 17.1 Å². The van der Waals surface area contributed by atoms with E-state index in [1.54, 1.807) is 0 Å². The summed E-state index contributed by atoms with van der Waals surface area (Å²) in [5.41, 5.74) is 3.48. The van der Waals surface area contributed by atoms with Crippen molar-refractivity contribution in [3.05, 3.63) is 11.4 Å². The normalized spacial score (nSPS) is 25.8. The first-order valence-electron chi connectivity index (χ1n) is 6.00. The lowest BCUT2D eigenvalue weighted by atomic mass is 10.0. The second kappa shape index (κ2) is 4.25. The molecular weight excluding hydrogens is 186 g/mol. The molecule has 1 aliphatic carbocycles. The van der Waals surface area contributed by atoms with Crippen molar-refractivity contribution in [3.8, 4) is 0 Å². The predicted molar refractivity (Wildman–Crippen MR) is 63.1 cm³/mol. The molecule has 0 amide bonds. The van der Waals surface area contributed by atoms with E-state index in [0.29, 0.717) is 6.04 Å². The summed E-state index contributed by atoms with van der Waals surface area (Å²) in [5.74, 6) is 0.846. The molecule has 3 nitrogen and oxygen atoms in total. The van der Waals surface area contributed by atoms with Crippen molar-refractivity contribution < 1.29 is 0 Å². The number of hydrogen-bond donors (Lipinski definition) is 2. The Bertz CT molecular complexity index is 310. The largest absolute Gasteiger partial charge is 0.379 e. The SMILES string of the molecule is CCC1CCCC1Nc1c(C)n[nH]c1C.